The summed E-state index contributed by atoms with van der Waals surface area (Å²) in [5.74, 6) is -1.47. The minimum absolute atomic E-state index is 0.0556. The molecule has 2 aliphatic rings. The van der Waals surface area contributed by atoms with Crippen molar-refractivity contribution in [1.29, 1.82) is 0 Å². The van der Waals surface area contributed by atoms with Gasteiger partial charge in [0, 0.05) is 5.92 Å². The zero-order valence-corrected chi connectivity index (χ0v) is 8.34. The highest BCUT2D eigenvalue weighted by molar-refractivity contribution is 8.02. The highest BCUT2D eigenvalue weighted by Gasteiger charge is 2.37. The summed E-state index contributed by atoms with van der Waals surface area (Å²) < 4.78 is 0. The molecule has 14 heavy (non-hydrogen) atoms. The second kappa shape index (κ2) is 3.74. The minimum Gasteiger partial charge on any atom is -0.478 e. The molecule has 76 valence electrons. The molecule has 0 radical (unpaired) electrons. The van der Waals surface area contributed by atoms with Gasteiger partial charge in [0.15, 0.2) is 5.78 Å². The zero-order valence-electron chi connectivity index (χ0n) is 7.53. The average molecular weight is 213 g/mol. The Labute approximate surface area is 85.7 Å². The normalized spacial score (nSPS) is 32.0. The van der Waals surface area contributed by atoms with E-state index in [0.29, 0.717) is 0 Å². The second-order valence-electron chi connectivity index (χ2n) is 3.46. The second-order valence-corrected chi connectivity index (χ2v) is 4.48. The van der Waals surface area contributed by atoms with Crippen LogP contribution in [-0.4, -0.2) is 28.8 Å². The van der Waals surface area contributed by atoms with E-state index >= 15 is 0 Å². The molecule has 1 fully saturated rings. The first kappa shape index (κ1) is 9.73. The number of nitrogens with one attached hydrogen (secondary N) is 1. The number of carboxylic acids is 1. The van der Waals surface area contributed by atoms with Crippen LogP contribution in [0.15, 0.2) is 11.0 Å². The van der Waals surface area contributed by atoms with Gasteiger partial charge in [0.2, 0.25) is 0 Å². The Bertz CT molecular complexity index is 313. The third-order valence-electron chi connectivity index (χ3n) is 2.57. The number of hydrogen-bond donors (Lipinski definition) is 2. The first-order valence-corrected chi connectivity index (χ1v) is 5.51. The van der Waals surface area contributed by atoms with Crippen LogP contribution in [0, 0.1) is 5.92 Å². The Hall–Kier alpha value is -0.810. The molecule has 2 atom stereocenters. The summed E-state index contributed by atoms with van der Waals surface area (Å²) in [7, 11) is 0. The van der Waals surface area contributed by atoms with Gasteiger partial charge in [-0.3, -0.25) is 4.79 Å². The molecule has 0 saturated carbocycles. The average Bonchev–Trinajstić information content (AvgIpc) is 2.18. The molecule has 2 N–H and O–H groups in total. The molecule has 0 aromatic carbocycles. The quantitative estimate of drug-likeness (QED) is 0.624. The Kier molecular flexibility index (Phi) is 2.60. The molecule has 0 spiro atoms. The fourth-order valence-electron chi connectivity index (χ4n) is 1.83. The van der Waals surface area contributed by atoms with Gasteiger partial charge in [0.25, 0.3) is 0 Å². The lowest BCUT2D eigenvalue weighted by molar-refractivity contribution is -0.135. The van der Waals surface area contributed by atoms with Gasteiger partial charge < -0.3 is 10.4 Å². The molecule has 2 aliphatic heterocycles. The van der Waals surface area contributed by atoms with Crippen molar-refractivity contribution in [2.75, 3.05) is 6.54 Å². The first-order chi connectivity index (χ1) is 6.70. The van der Waals surface area contributed by atoms with Gasteiger partial charge in [0.1, 0.15) is 5.57 Å². The molecule has 5 heteroatoms. The summed E-state index contributed by atoms with van der Waals surface area (Å²) in [6, 6.07) is 0. The van der Waals surface area contributed by atoms with Crippen molar-refractivity contribution in [3.63, 3.8) is 0 Å². The maximum Gasteiger partial charge on any atom is 0.339 e. The van der Waals surface area contributed by atoms with Crippen LogP contribution >= 0.6 is 11.8 Å². The van der Waals surface area contributed by atoms with Crippen LogP contribution in [0.25, 0.3) is 0 Å². The van der Waals surface area contributed by atoms with Crippen LogP contribution in [0.2, 0.25) is 0 Å². The molecule has 0 amide bonds. The molecule has 2 unspecified atom stereocenters. The number of carbonyl (C=O) groups is 2. The van der Waals surface area contributed by atoms with Crippen molar-refractivity contribution in [1.82, 2.24) is 5.32 Å². The van der Waals surface area contributed by atoms with Crippen LogP contribution in [-0.2, 0) is 9.59 Å². The van der Waals surface area contributed by atoms with Gasteiger partial charge >= 0.3 is 5.97 Å². The number of carbonyl (C=O) groups excluding carboxylic acids is 1. The Morgan fingerprint density at radius 3 is 3.14 bits per heavy atom. The number of thioether (sulfide) groups is 1. The monoisotopic (exact) mass is 213 g/mol. The smallest absolute Gasteiger partial charge is 0.339 e. The molecule has 0 bridgehead atoms. The van der Waals surface area contributed by atoms with E-state index in [0.717, 1.165) is 19.4 Å². The van der Waals surface area contributed by atoms with E-state index in [1.54, 1.807) is 0 Å². The molecule has 4 nitrogen and oxygen atoms in total. The van der Waals surface area contributed by atoms with Gasteiger partial charge in [-0.15, -0.1) is 11.8 Å². The lowest BCUT2D eigenvalue weighted by atomic mass is 9.90. The van der Waals surface area contributed by atoms with E-state index in [1.807, 2.05) is 0 Å². The van der Waals surface area contributed by atoms with Crippen molar-refractivity contribution in [2.45, 2.75) is 18.2 Å². The third kappa shape index (κ3) is 1.57. The van der Waals surface area contributed by atoms with E-state index in [2.05, 4.69) is 5.32 Å². The summed E-state index contributed by atoms with van der Waals surface area (Å²) in [5.41, 5.74) is -0.0556. The van der Waals surface area contributed by atoms with E-state index < -0.39 is 5.97 Å². The fourth-order valence-corrected chi connectivity index (χ4v) is 2.99. The number of carboxylic acid groups (broad SMARTS) is 1. The SMILES string of the molecule is O=C(O)C1=CSC2NCCCC2C1=O. The standard InChI is InChI=1S/C9H11NO3S/c11-7-5-2-1-3-10-8(5)14-4-6(7)9(12)13/h4-5,8,10H,1-3H2,(H,12,13). The number of hydrogen-bond acceptors (Lipinski definition) is 4. The fraction of sp³-hybridized carbons (Fsp3) is 0.556. The van der Waals surface area contributed by atoms with Crippen LogP contribution in [0.5, 0.6) is 0 Å². The van der Waals surface area contributed by atoms with Gasteiger partial charge in [0.05, 0.1) is 5.37 Å². The third-order valence-corrected chi connectivity index (χ3v) is 3.73. The number of aliphatic carboxylic acids is 1. The largest absolute Gasteiger partial charge is 0.478 e. The van der Waals surface area contributed by atoms with Crippen LogP contribution in [0.4, 0.5) is 0 Å². The molecule has 1 saturated heterocycles. The van der Waals surface area contributed by atoms with Crippen molar-refractivity contribution in [2.24, 2.45) is 5.92 Å². The number of ketones is 1. The summed E-state index contributed by atoms with van der Waals surface area (Å²) in [4.78, 5) is 22.4. The maximum absolute atomic E-state index is 11.7. The van der Waals surface area contributed by atoms with Gasteiger partial charge in [-0.05, 0) is 24.8 Å². The van der Waals surface area contributed by atoms with Gasteiger partial charge in [-0.1, -0.05) is 0 Å². The number of rotatable bonds is 1. The summed E-state index contributed by atoms with van der Waals surface area (Å²) in [5, 5.41) is 13.5. The van der Waals surface area contributed by atoms with E-state index in [-0.39, 0.29) is 22.6 Å². The van der Waals surface area contributed by atoms with E-state index in [1.165, 1.54) is 17.2 Å². The predicted octanol–water partition coefficient (Wildman–Crippen LogP) is 0.597. The summed E-state index contributed by atoms with van der Waals surface area (Å²) >= 11 is 1.41. The molecule has 0 aromatic rings. The molecule has 2 heterocycles. The lowest BCUT2D eigenvalue weighted by Crippen LogP contribution is -2.45. The topological polar surface area (TPSA) is 66.4 Å². The molecule has 0 aromatic heterocycles. The van der Waals surface area contributed by atoms with Crippen LogP contribution in [0.3, 0.4) is 0 Å². The van der Waals surface area contributed by atoms with Crippen molar-refractivity contribution < 1.29 is 14.7 Å². The van der Waals surface area contributed by atoms with Crippen molar-refractivity contribution in [3.8, 4) is 0 Å². The number of fused-ring (bicyclic) bond motifs is 1. The molecule has 2 rings (SSSR count). The van der Waals surface area contributed by atoms with Crippen LogP contribution < -0.4 is 5.32 Å². The Balaban J connectivity index is 2.22. The van der Waals surface area contributed by atoms with E-state index in [9.17, 15) is 9.59 Å². The maximum atomic E-state index is 11.7. The highest BCUT2D eigenvalue weighted by Crippen LogP contribution is 2.34. The van der Waals surface area contributed by atoms with E-state index in [4.69, 9.17) is 5.11 Å². The van der Waals surface area contributed by atoms with Gasteiger partial charge in [-0.2, -0.15) is 0 Å². The Morgan fingerprint density at radius 1 is 1.64 bits per heavy atom. The first-order valence-electron chi connectivity index (χ1n) is 4.56. The van der Waals surface area contributed by atoms with Crippen molar-refractivity contribution in [3.05, 3.63) is 11.0 Å². The summed E-state index contributed by atoms with van der Waals surface area (Å²) in [6.07, 6.45) is 1.74. The van der Waals surface area contributed by atoms with Gasteiger partial charge in [-0.25, -0.2) is 4.79 Å². The van der Waals surface area contributed by atoms with Crippen molar-refractivity contribution >= 4 is 23.5 Å². The number of Topliss-reactive ketones (excluding diaryl/α,β-unsaturated/α-hetero) is 1. The summed E-state index contributed by atoms with van der Waals surface area (Å²) in [6.45, 7) is 0.914. The zero-order chi connectivity index (χ0) is 10.1. The molecular weight excluding hydrogens is 202 g/mol. The predicted molar refractivity (Wildman–Crippen MR) is 52.8 cm³/mol. The number of piperidine rings is 1. The highest BCUT2D eigenvalue weighted by atomic mass is 32.2. The Morgan fingerprint density at radius 2 is 2.43 bits per heavy atom. The lowest BCUT2D eigenvalue weighted by Gasteiger charge is -2.33. The van der Waals surface area contributed by atoms with Crippen LogP contribution in [0.1, 0.15) is 12.8 Å². The molecular formula is C9H11NO3S. The molecule has 0 aliphatic carbocycles. The minimum atomic E-state index is -1.11.